The number of H-pyrrole nitrogens is 1. The van der Waals surface area contributed by atoms with Gasteiger partial charge in [-0.2, -0.15) is 0 Å². The summed E-state index contributed by atoms with van der Waals surface area (Å²) in [6.07, 6.45) is 0.425. The van der Waals surface area contributed by atoms with Crippen LogP contribution in [-0.4, -0.2) is 31.8 Å². The molecule has 0 aromatic carbocycles. The number of rotatable bonds is 4. The summed E-state index contributed by atoms with van der Waals surface area (Å²) in [5.74, 6) is -0.704. The number of aromatic amines is 1. The number of aryl methyl sites for hydroxylation is 1. The summed E-state index contributed by atoms with van der Waals surface area (Å²) in [7, 11) is -4.39. The largest absolute Gasteiger partial charge is 0.358 e. The summed E-state index contributed by atoms with van der Waals surface area (Å²) in [4.78, 5) is 42.5. The Bertz CT molecular complexity index is 733. The molecule has 0 spiro atoms. The van der Waals surface area contributed by atoms with Crippen LogP contribution in [0.1, 0.15) is 18.0 Å². The van der Waals surface area contributed by atoms with Gasteiger partial charge in [-0.05, 0) is 13.0 Å². The van der Waals surface area contributed by atoms with E-state index >= 15 is 0 Å². The van der Waals surface area contributed by atoms with Crippen molar-refractivity contribution in [3.8, 4) is 0 Å². The van der Waals surface area contributed by atoms with E-state index in [2.05, 4.69) is 4.98 Å². The molecule has 0 aliphatic heterocycles. The van der Waals surface area contributed by atoms with Crippen LogP contribution in [0, 0.1) is 6.92 Å². The van der Waals surface area contributed by atoms with Crippen LogP contribution in [0.5, 0.6) is 0 Å². The Kier molecular flexibility index (Phi) is 4.29. The number of nitrogens with zero attached hydrogens (tertiary/aromatic N) is 1. The third-order valence-electron chi connectivity index (χ3n) is 3.06. The molecular formula is C11H14FN2O6P. The van der Waals surface area contributed by atoms with Gasteiger partial charge in [0.25, 0.3) is 5.56 Å². The summed E-state index contributed by atoms with van der Waals surface area (Å²) in [6, 6.07) is -0.685. The number of aromatic nitrogens is 2. The predicted octanol–water partition coefficient (Wildman–Crippen LogP) is 0.164. The number of allylic oxidation sites excluding steroid dienone is 1. The lowest BCUT2D eigenvalue weighted by Crippen LogP contribution is -2.32. The van der Waals surface area contributed by atoms with Gasteiger partial charge in [0.15, 0.2) is 0 Å². The molecule has 21 heavy (non-hydrogen) atoms. The Hall–Kier alpha value is -1.54. The molecule has 8 nitrogen and oxygen atoms in total. The molecular weight excluding hydrogens is 306 g/mol. The molecule has 2 rings (SSSR count). The minimum Gasteiger partial charge on any atom is -0.358 e. The van der Waals surface area contributed by atoms with Gasteiger partial charge in [0, 0.05) is 18.2 Å². The van der Waals surface area contributed by atoms with Crippen molar-refractivity contribution in [2.75, 3.05) is 6.35 Å². The summed E-state index contributed by atoms with van der Waals surface area (Å²) in [6.45, 7) is 1.51. The highest BCUT2D eigenvalue weighted by atomic mass is 31.2. The van der Waals surface area contributed by atoms with E-state index in [9.17, 15) is 18.5 Å². The second kappa shape index (κ2) is 5.69. The third-order valence-corrected chi connectivity index (χ3v) is 3.55. The van der Waals surface area contributed by atoms with E-state index in [-0.39, 0.29) is 6.42 Å². The van der Waals surface area contributed by atoms with Gasteiger partial charge >= 0.3 is 13.3 Å². The Balaban J connectivity index is 2.18. The fourth-order valence-electron chi connectivity index (χ4n) is 2.05. The molecule has 3 N–H and O–H groups in total. The quantitative estimate of drug-likeness (QED) is 0.680. The van der Waals surface area contributed by atoms with Crippen molar-refractivity contribution in [3.63, 3.8) is 0 Å². The van der Waals surface area contributed by atoms with E-state index in [1.165, 1.54) is 13.1 Å². The average Bonchev–Trinajstić information content (AvgIpc) is 2.72. The normalized spacial score (nSPS) is 22.4. The molecule has 1 aromatic heterocycles. The zero-order chi connectivity index (χ0) is 15.8. The molecule has 1 aliphatic rings. The summed E-state index contributed by atoms with van der Waals surface area (Å²) < 4.78 is 30.4. The smallest absolute Gasteiger partial charge is 0.351 e. The lowest BCUT2D eigenvalue weighted by molar-refractivity contribution is 0.0812. The van der Waals surface area contributed by atoms with Crippen LogP contribution in [0.3, 0.4) is 0 Å². The van der Waals surface area contributed by atoms with Crippen LogP contribution in [0.2, 0.25) is 0 Å². The van der Waals surface area contributed by atoms with Gasteiger partial charge in [-0.1, -0.05) is 0 Å². The minimum absolute atomic E-state index is 0.0111. The van der Waals surface area contributed by atoms with Crippen molar-refractivity contribution in [1.82, 2.24) is 9.55 Å². The molecule has 0 saturated carbocycles. The van der Waals surface area contributed by atoms with Gasteiger partial charge in [0.05, 0.1) is 6.04 Å². The first-order chi connectivity index (χ1) is 9.67. The van der Waals surface area contributed by atoms with Gasteiger partial charge in [-0.25, -0.2) is 9.18 Å². The Labute approximate surface area is 118 Å². The second-order valence-electron chi connectivity index (χ2n) is 4.78. The topological polar surface area (TPSA) is 122 Å². The predicted molar refractivity (Wildman–Crippen MR) is 70.7 cm³/mol. The van der Waals surface area contributed by atoms with Crippen LogP contribution in [-0.2, 0) is 9.30 Å². The molecule has 10 heteroatoms. The van der Waals surface area contributed by atoms with Crippen LogP contribution in [0.4, 0.5) is 4.39 Å². The first kappa shape index (κ1) is 15.8. The van der Waals surface area contributed by atoms with Crippen molar-refractivity contribution < 1.29 is 23.5 Å². The van der Waals surface area contributed by atoms with Crippen LogP contribution < -0.4 is 11.2 Å². The fourth-order valence-corrected chi connectivity index (χ4v) is 2.43. The van der Waals surface area contributed by atoms with E-state index < -0.39 is 43.2 Å². The van der Waals surface area contributed by atoms with Gasteiger partial charge in [0.1, 0.15) is 18.3 Å². The monoisotopic (exact) mass is 320 g/mol. The summed E-state index contributed by atoms with van der Waals surface area (Å²) in [5.41, 5.74) is -0.911. The molecule has 1 aliphatic carbocycles. The first-order valence-corrected chi connectivity index (χ1v) is 7.82. The number of ether oxygens (including phenoxy) is 1. The van der Waals surface area contributed by atoms with Crippen LogP contribution >= 0.6 is 7.60 Å². The molecule has 0 bridgehead atoms. The maximum atomic E-state index is 13.7. The highest BCUT2D eigenvalue weighted by Gasteiger charge is 2.31. The average molecular weight is 320 g/mol. The number of hydrogen-bond donors (Lipinski definition) is 3. The zero-order valence-electron chi connectivity index (χ0n) is 11.0. The highest BCUT2D eigenvalue weighted by Crippen LogP contribution is 2.38. The van der Waals surface area contributed by atoms with Crippen LogP contribution in [0.25, 0.3) is 0 Å². The molecule has 1 heterocycles. The van der Waals surface area contributed by atoms with Crippen molar-refractivity contribution in [2.24, 2.45) is 0 Å². The molecule has 0 fully saturated rings. The fraction of sp³-hybridized carbons (Fsp3) is 0.455. The zero-order valence-corrected chi connectivity index (χ0v) is 11.9. The maximum Gasteiger partial charge on any atom is 0.351 e. The minimum atomic E-state index is -4.39. The van der Waals surface area contributed by atoms with E-state index in [1.807, 2.05) is 0 Å². The molecule has 2 unspecified atom stereocenters. The number of halogens is 1. The second-order valence-corrected chi connectivity index (χ2v) is 6.37. The van der Waals surface area contributed by atoms with E-state index in [0.717, 1.165) is 10.6 Å². The Morgan fingerprint density at radius 3 is 2.81 bits per heavy atom. The molecule has 1 aromatic rings. The van der Waals surface area contributed by atoms with E-state index in [4.69, 9.17) is 14.5 Å². The Morgan fingerprint density at radius 1 is 1.52 bits per heavy atom. The van der Waals surface area contributed by atoms with Crippen molar-refractivity contribution in [2.45, 2.75) is 25.5 Å². The molecule has 2 atom stereocenters. The Morgan fingerprint density at radius 2 is 2.19 bits per heavy atom. The number of nitrogens with one attached hydrogen (secondary N) is 1. The van der Waals surface area contributed by atoms with Gasteiger partial charge in [-0.15, -0.1) is 0 Å². The van der Waals surface area contributed by atoms with Gasteiger partial charge in [0.2, 0.25) is 0 Å². The first-order valence-electron chi connectivity index (χ1n) is 6.03. The number of hydrogen-bond acceptors (Lipinski definition) is 4. The molecule has 0 amide bonds. The lowest BCUT2D eigenvalue weighted by atomic mass is 10.2. The molecule has 0 radical (unpaired) electrons. The van der Waals surface area contributed by atoms with Crippen molar-refractivity contribution in [3.05, 3.63) is 44.5 Å². The van der Waals surface area contributed by atoms with Gasteiger partial charge < -0.3 is 14.5 Å². The van der Waals surface area contributed by atoms with E-state index in [1.54, 1.807) is 0 Å². The SMILES string of the molecule is Cc1cn(C2C=C(F)C(OCP(=O)(O)O)C2)c(=O)[nH]c1=O. The highest BCUT2D eigenvalue weighted by molar-refractivity contribution is 7.51. The summed E-state index contributed by atoms with van der Waals surface area (Å²) in [5, 5.41) is 0. The van der Waals surface area contributed by atoms with Crippen LogP contribution in [0.15, 0.2) is 27.7 Å². The van der Waals surface area contributed by atoms with Crippen molar-refractivity contribution in [1.29, 1.82) is 0 Å². The summed E-state index contributed by atoms with van der Waals surface area (Å²) >= 11 is 0. The lowest BCUT2D eigenvalue weighted by Gasteiger charge is -2.15. The molecule has 0 saturated heterocycles. The van der Waals surface area contributed by atoms with E-state index in [0.29, 0.717) is 5.56 Å². The standard InChI is InChI=1S/C11H14FN2O6P/c1-6-4-14(11(16)13-10(6)15)7-2-8(12)9(3-7)20-5-21(17,18)19/h2,4,7,9H,3,5H2,1H3,(H,13,15,16)(H2,17,18,19). The van der Waals surface area contributed by atoms with Gasteiger partial charge in [-0.3, -0.25) is 18.9 Å². The van der Waals surface area contributed by atoms with Crippen molar-refractivity contribution >= 4 is 7.60 Å². The third kappa shape index (κ3) is 3.76. The molecule has 116 valence electrons. The maximum absolute atomic E-state index is 13.7.